The Kier molecular flexibility index (Phi) is 7.03. The van der Waals surface area contributed by atoms with E-state index in [1.165, 1.54) is 12.1 Å². The quantitative estimate of drug-likeness (QED) is 0.591. The molecule has 0 unspecified atom stereocenters. The van der Waals surface area contributed by atoms with Crippen LogP contribution in [0.3, 0.4) is 0 Å². The maximum atomic E-state index is 13.3. The van der Waals surface area contributed by atoms with Crippen molar-refractivity contribution in [1.29, 1.82) is 0 Å². The van der Waals surface area contributed by atoms with E-state index in [1.807, 2.05) is 60.7 Å². The fraction of sp³-hybridized carbons (Fsp3) is 0.208. The predicted molar refractivity (Wildman–Crippen MR) is 118 cm³/mol. The van der Waals surface area contributed by atoms with Gasteiger partial charge in [-0.15, -0.1) is 0 Å². The average molecular weight is 423 g/mol. The number of rotatable bonds is 8. The third-order valence-electron chi connectivity index (χ3n) is 4.52. The van der Waals surface area contributed by atoms with Crippen LogP contribution >= 0.6 is 0 Å². The zero-order valence-corrected chi connectivity index (χ0v) is 18.0. The van der Waals surface area contributed by atoms with Crippen molar-refractivity contribution in [3.63, 3.8) is 0 Å². The number of carbonyl (C=O) groups excluding carboxylic acids is 1. The highest BCUT2D eigenvalue weighted by Gasteiger charge is 2.19. The van der Waals surface area contributed by atoms with Crippen LogP contribution in [0.1, 0.15) is 35.3 Å². The second kappa shape index (κ2) is 9.69. The Labute approximate surface area is 178 Å². The van der Waals surface area contributed by atoms with E-state index < -0.39 is 10.0 Å². The monoisotopic (exact) mass is 422 g/mol. The molecule has 0 atom stereocenters. The van der Waals surface area contributed by atoms with Crippen LogP contribution in [0.25, 0.3) is 0 Å². The highest BCUT2D eigenvalue weighted by molar-refractivity contribution is 7.89. The SMILES string of the molecule is CC(C)NS(=O)(=O)c1ccc(C(=O)N(Cc2ccccc2)Cc2ccccc2)cc1. The number of sulfonamides is 1. The highest BCUT2D eigenvalue weighted by Crippen LogP contribution is 2.17. The highest BCUT2D eigenvalue weighted by atomic mass is 32.2. The first-order valence-corrected chi connectivity index (χ1v) is 11.3. The second-order valence-corrected chi connectivity index (χ2v) is 9.15. The van der Waals surface area contributed by atoms with Crippen molar-refractivity contribution >= 4 is 15.9 Å². The molecule has 3 aromatic rings. The van der Waals surface area contributed by atoms with Crippen molar-refractivity contribution in [3.05, 3.63) is 102 Å². The zero-order valence-electron chi connectivity index (χ0n) is 17.2. The summed E-state index contributed by atoms with van der Waals surface area (Å²) in [7, 11) is -3.59. The van der Waals surface area contributed by atoms with Gasteiger partial charge in [0, 0.05) is 24.7 Å². The first-order chi connectivity index (χ1) is 14.3. The topological polar surface area (TPSA) is 66.5 Å². The molecule has 0 aliphatic carbocycles. The molecule has 0 radical (unpaired) electrons. The minimum absolute atomic E-state index is 0.144. The summed E-state index contributed by atoms with van der Waals surface area (Å²) >= 11 is 0. The van der Waals surface area contributed by atoms with Crippen LogP contribution < -0.4 is 4.72 Å². The standard InChI is InChI=1S/C24H26N2O3S/c1-19(2)25-30(28,29)23-15-13-22(14-16-23)24(27)26(17-20-9-5-3-6-10-20)18-21-11-7-4-8-12-21/h3-16,19,25H,17-18H2,1-2H3. The molecule has 156 valence electrons. The van der Waals surface area contributed by atoms with E-state index in [4.69, 9.17) is 0 Å². The van der Waals surface area contributed by atoms with Gasteiger partial charge in [-0.2, -0.15) is 0 Å². The molecule has 3 rings (SSSR count). The molecule has 0 aliphatic rings. The minimum Gasteiger partial charge on any atom is -0.330 e. The molecule has 0 saturated heterocycles. The largest absolute Gasteiger partial charge is 0.330 e. The third kappa shape index (κ3) is 5.78. The van der Waals surface area contributed by atoms with Gasteiger partial charge in [-0.25, -0.2) is 13.1 Å². The van der Waals surface area contributed by atoms with Crippen LogP contribution in [0.15, 0.2) is 89.8 Å². The summed E-state index contributed by atoms with van der Waals surface area (Å²) in [5, 5.41) is 0. The van der Waals surface area contributed by atoms with Crippen molar-refractivity contribution < 1.29 is 13.2 Å². The fourth-order valence-electron chi connectivity index (χ4n) is 3.14. The zero-order chi connectivity index (χ0) is 21.6. The summed E-state index contributed by atoms with van der Waals surface area (Å²) in [6, 6.07) is 25.5. The molecule has 0 saturated carbocycles. The van der Waals surface area contributed by atoms with Crippen LogP contribution in [0, 0.1) is 0 Å². The summed E-state index contributed by atoms with van der Waals surface area (Å²) in [4.78, 5) is 15.2. The molecule has 5 nitrogen and oxygen atoms in total. The smallest absolute Gasteiger partial charge is 0.254 e. The van der Waals surface area contributed by atoms with Crippen LogP contribution in [-0.4, -0.2) is 25.3 Å². The van der Waals surface area contributed by atoms with Gasteiger partial charge in [0.15, 0.2) is 0 Å². The lowest BCUT2D eigenvalue weighted by molar-refractivity contribution is 0.0730. The van der Waals surface area contributed by atoms with E-state index in [-0.39, 0.29) is 16.8 Å². The number of amides is 1. The van der Waals surface area contributed by atoms with E-state index in [1.54, 1.807) is 30.9 Å². The summed E-state index contributed by atoms with van der Waals surface area (Å²) in [5.41, 5.74) is 2.51. The summed E-state index contributed by atoms with van der Waals surface area (Å²) in [5.74, 6) is -0.150. The molecular weight excluding hydrogens is 396 g/mol. The molecular formula is C24H26N2O3S. The van der Waals surface area contributed by atoms with Crippen molar-refractivity contribution in [3.8, 4) is 0 Å². The normalized spacial score (nSPS) is 11.4. The Bertz CT molecular complexity index is 1020. The number of hydrogen-bond donors (Lipinski definition) is 1. The van der Waals surface area contributed by atoms with Crippen molar-refractivity contribution in [2.75, 3.05) is 0 Å². The van der Waals surface area contributed by atoms with E-state index in [9.17, 15) is 13.2 Å². The third-order valence-corrected chi connectivity index (χ3v) is 6.20. The molecule has 0 fully saturated rings. The van der Waals surface area contributed by atoms with Crippen LogP contribution in [0.4, 0.5) is 0 Å². The Morgan fingerprint density at radius 2 is 1.27 bits per heavy atom. The van der Waals surface area contributed by atoms with E-state index in [0.717, 1.165) is 11.1 Å². The van der Waals surface area contributed by atoms with Crippen molar-refractivity contribution in [1.82, 2.24) is 9.62 Å². The first kappa shape index (κ1) is 21.7. The average Bonchev–Trinajstić information content (AvgIpc) is 2.73. The second-order valence-electron chi connectivity index (χ2n) is 7.43. The van der Waals surface area contributed by atoms with Crippen molar-refractivity contribution in [2.24, 2.45) is 0 Å². The molecule has 3 aromatic carbocycles. The van der Waals surface area contributed by atoms with Gasteiger partial charge in [-0.1, -0.05) is 60.7 Å². The molecule has 30 heavy (non-hydrogen) atoms. The maximum Gasteiger partial charge on any atom is 0.254 e. The summed E-state index contributed by atoms with van der Waals surface area (Å²) in [6.07, 6.45) is 0. The Morgan fingerprint density at radius 1 is 0.800 bits per heavy atom. The Morgan fingerprint density at radius 3 is 1.70 bits per heavy atom. The van der Waals surface area contributed by atoms with Crippen LogP contribution in [-0.2, 0) is 23.1 Å². The number of hydrogen-bond acceptors (Lipinski definition) is 3. The van der Waals surface area contributed by atoms with E-state index in [2.05, 4.69) is 4.72 Å². The van der Waals surface area contributed by atoms with Crippen molar-refractivity contribution in [2.45, 2.75) is 37.9 Å². The number of nitrogens with one attached hydrogen (secondary N) is 1. The number of nitrogens with zero attached hydrogens (tertiary/aromatic N) is 1. The summed E-state index contributed by atoms with van der Waals surface area (Å²) < 4.78 is 27.2. The molecule has 6 heteroatoms. The van der Waals surface area contributed by atoms with Crippen LogP contribution in [0.2, 0.25) is 0 Å². The predicted octanol–water partition coefficient (Wildman–Crippen LogP) is 4.22. The molecule has 1 amide bonds. The summed E-state index contributed by atoms with van der Waals surface area (Å²) in [6.45, 7) is 4.45. The molecule has 0 spiro atoms. The van der Waals surface area contributed by atoms with E-state index in [0.29, 0.717) is 18.7 Å². The molecule has 0 heterocycles. The molecule has 0 aliphatic heterocycles. The lowest BCUT2D eigenvalue weighted by atomic mass is 10.1. The van der Waals surface area contributed by atoms with Gasteiger partial charge >= 0.3 is 0 Å². The number of carbonyl (C=O) groups is 1. The van der Waals surface area contributed by atoms with Gasteiger partial charge in [0.25, 0.3) is 5.91 Å². The Hall–Kier alpha value is -2.96. The molecule has 1 N–H and O–H groups in total. The number of benzene rings is 3. The van der Waals surface area contributed by atoms with E-state index >= 15 is 0 Å². The van der Waals surface area contributed by atoms with Crippen LogP contribution in [0.5, 0.6) is 0 Å². The van der Waals surface area contributed by atoms with Gasteiger partial charge in [-0.05, 0) is 49.2 Å². The Balaban J connectivity index is 1.84. The first-order valence-electron chi connectivity index (χ1n) is 9.84. The molecule has 0 aromatic heterocycles. The van der Waals surface area contributed by atoms with Gasteiger partial charge in [0.05, 0.1) is 4.90 Å². The minimum atomic E-state index is -3.59. The fourth-order valence-corrected chi connectivity index (χ4v) is 4.40. The molecule has 0 bridgehead atoms. The lowest BCUT2D eigenvalue weighted by Crippen LogP contribution is -2.31. The van der Waals surface area contributed by atoms with Gasteiger partial charge in [-0.3, -0.25) is 4.79 Å². The lowest BCUT2D eigenvalue weighted by Gasteiger charge is -2.23. The maximum absolute atomic E-state index is 13.3. The van der Waals surface area contributed by atoms with Gasteiger partial charge < -0.3 is 4.90 Å². The van der Waals surface area contributed by atoms with Gasteiger partial charge in [0.2, 0.25) is 10.0 Å². The van der Waals surface area contributed by atoms with Gasteiger partial charge in [0.1, 0.15) is 0 Å².